The Kier molecular flexibility index (Phi) is 5.00. The van der Waals surface area contributed by atoms with Crippen LogP contribution in [0.3, 0.4) is 0 Å². The van der Waals surface area contributed by atoms with Crippen molar-refractivity contribution in [2.75, 3.05) is 6.54 Å². The van der Waals surface area contributed by atoms with E-state index in [1.165, 1.54) is 0 Å². The molecule has 0 saturated carbocycles. The summed E-state index contributed by atoms with van der Waals surface area (Å²) in [7, 11) is -8.83. The minimum absolute atomic E-state index is 0.106. The predicted octanol–water partition coefficient (Wildman–Crippen LogP) is 1.08. The van der Waals surface area contributed by atoms with Crippen LogP contribution in [0.15, 0.2) is 27.9 Å². The summed E-state index contributed by atoms with van der Waals surface area (Å²) < 4.78 is 38.4. The monoisotopic (exact) mass is 379 g/mol. The third-order valence-electron chi connectivity index (χ3n) is 2.95. The topological polar surface area (TPSA) is 126 Å². The van der Waals surface area contributed by atoms with Crippen LogP contribution in [0, 0.1) is 6.07 Å². The standard InChI is InChI=1S/C12H13ClN2O6PS/c1-2-5-14-23(20,21)11-6-8-3-4-12(16)15(22(17,18)19)10(8)7-9(11)13/h3,6-7,14H,2,5H2,1H3,(H2,17,18,19). The van der Waals surface area contributed by atoms with Gasteiger partial charge in [-0.2, -0.15) is 0 Å². The molecule has 0 saturated heterocycles. The van der Waals surface area contributed by atoms with E-state index < -0.39 is 23.3 Å². The lowest BCUT2D eigenvalue weighted by Crippen LogP contribution is -2.25. The van der Waals surface area contributed by atoms with Gasteiger partial charge in [0.1, 0.15) is 4.90 Å². The minimum Gasteiger partial charge on any atom is -0.308 e. The number of nitrogens with one attached hydrogen (secondary N) is 1. The van der Waals surface area contributed by atoms with E-state index in [1.807, 2.05) is 0 Å². The molecular formula is C12H13ClN2O6PS. The van der Waals surface area contributed by atoms with Crippen LogP contribution in [0.1, 0.15) is 13.3 Å². The van der Waals surface area contributed by atoms with Crippen LogP contribution in [-0.2, 0) is 14.6 Å². The van der Waals surface area contributed by atoms with Gasteiger partial charge in [-0.3, -0.25) is 4.79 Å². The molecule has 0 spiro atoms. The first kappa shape index (κ1) is 18.1. The number of nitrogens with zero attached hydrogens (tertiary/aromatic N) is 1. The number of benzene rings is 1. The number of rotatable bonds is 5. The second-order valence-corrected chi connectivity index (χ2v) is 8.23. The quantitative estimate of drug-likeness (QED) is 0.667. The first-order chi connectivity index (χ1) is 10.6. The molecule has 0 fully saturated rings. The number of aromatic nitrogens is 1. The molecule has 1 heterocycles. The molecule has 2 rings (SSSR count). The lowest BCUT2D eigenvalue weighted by molar-refractivity contribution is 0.361. The van der Waals surface area contributed by atoms with Gasteiger partial charge in [0, 0.05) is 11.9 Å². The van der Waals surface area contributed by atoms with E-state index in [0.29, 0.717) is 6.42 Å². The van der Waals surface area contributed by atoms with Crippen molar-refractivity contribution in [3.8, 4) is 0 Å². The van der Waals surface area contributed by atoms with Gasteiger partial charge >= 0.3 is 7.75 Å². The molecule has 11 heteroatoms. The first-order valence-electron chi connectivity index (χ1n) is 6.41. The molecule has 0 atom stereocenters. The van der Waals surface area contributed by atoms with E-state index >= 15 is 0 Å². The van der Waals surface area contributed by atoms with Crippen LogP contribution in [0.2, 0.25) is 5.02 Å². The van der Waals surface area contributed by atoms with Crippen LogP contribution in [0.4, 0.5) is 0 Å². The summed E-state index contributed by atoms with van der Waals surface area (Å²) in [6.45, 7) is 2.00. The summed E-state index contributed by atoms with van der Waals surface area (Å²) >= 11 is 5.94. The number of hydrogen-bond acceptors (Lipinski definition) is 4. The maximum absolute atomic E-state index is 12.2. The predicted molar refractivity (Wildman–Crippen MR) is 85.0 cm³/mol. The van der Waals surface area contributed by atoms with Gasteiger partial charge in [-0.05, 0) is 24.6 Å². The molecule has 3 N–H and O–H groups in total. The SMILES string of the molecule is CCCNS(=O)(=O)c1cc2c[c]c(=O)n(P(=O)(O)O)c2cc1Cl. The van der Waals surface area contributed by atoms with Crippen molar-refractivity contribution >= 4 is 40.3 Å². The summed E-state index contributed by atoms with van der Waals surface area (Å²) in [5.74, 6) is 0. The summed E-state index contributed by atoms with van der Waals surface area (Å²) in [5.41, 5.74) is -1.22. The Morgan fingerprint density at radius 1 is 1.39 bits per heavy atom. The Hall–Kier alpha value is -1.22. The van der Waals surface area contributed by atoms with Crippen molar-refractivity contribution in [2.45, 2.75) is 18.2 Å². The van der Waals surface area contributed by atoms with Crippen LogP contribution >= 0.6 is 19.3 Å². The number of halogens is 1. The van der Waals surface area contributed by atoms with Gasteiger partial charge in [0.15, 0.2) is 0 Å². The smallest absolute Gasteiger partial charge is 0.308 e. The highest BCUT2D eigenvalue weighted by molar-refractivity contribution is 7.89. The molecule has 2 aromatic rings. The van der Waals surface area contributed by atoms with Crippen LogP contribution in [0.5, 0.6) is 0 Å². The largest absolute Gasteiger partial charge is 0.437 e. The number of sulfonamides is 1. The van der Waals surface area contributed by atoms with Gasteiger partial charge in [0.25, 0.3) is 5.56 Å². The number of fused-ring (bicyclic) bond motifs is 1. The number of pyridine rings is 1. The highest BCUT2D eigenvalue weighted by Crippen LogP contribution is 2.39. The van der Waals surface area contributed by atoms with Gasteiger partial charge in [-0.15, -0.1) is 0 Å². The Morgan fingerprint density at radius 2 is 2.04 bits per heavy atom. The summed E-state index contributed by atoms with van der Waals surface area (Å²) in [6.07, 6.45) is 0.579. The van der Waals surface area contributed by atoms with Crippen molar-refractivity contribution in [3.63, 3.8) is 0 Å². The third-order valence-corrected chi connectivity index (χ3v) is 5.79. The Bertz CT molecular complexity index is 965. The minimum atomic E-state index is -4.95. The molecule has 0 aliphatic heterocycles. The van der Waals surface area contributed by atoms with Gasteiger partial charge in [-0.25, -0.2) is 22.0 Å². The molecule has 0 unspecified atom stereocenters. The van der Waals surface area contributed by atoms with Crippen LogP contribution < -0.4 is 10.3 Å². The zero-order valence-corrected chi connectivity index (χ0v) is 14.3. The van der Waals surface area contributed by atoms with Crippen LogP contribution in [0.25, 0.3) is 10.9 Å². The molecule has 125 valence electrons. The highest BCUT2D eigenvalue weighted by Gasteiger charge is 2.24. The van der Waals surface area contributed by atoms with E-state index in [1.54, 1.807) is 6.92 Å². The maximum atomic E-state index is 12.2. The van der Waals surface area contributed by atoms with Crippen molar-refractivity contribution in [3.05, 3.63) is 39.6 Å². The second kappa shape index (κ2) is 6.35. The van der Waals surface area contributed by atoms with Crippen LogP contribution in [-0.4, -0.2) is 29.1 Å². The van der Waals surface area contributed by atoms with Gasteiger partial charge in [-0.1, -0.05) is 18.5 Å². The molecule has 1 aromatic carbocycles. The molecule has 0 aliphatic carbocycles. The molecule has 1 aromatic heterocycles. The Morgan fingerprint density at radius 3 is 2.61 bits per heavy atom. The average molecular weight is 380 g/mol. The number of hydrogen-bond donors (Lipinski definition) is 3. The van der Waals surface area contributed by atoms with Gasteiger partial charge in [0.2, 0.25) is 10.0 Å². The normalized spacial score (nSPS) is 12.7. The van der Waals surface area contributed by atoms with Crippen molar-refractivity contribution < 1.29 is 22.8 Å². The summed E-state index contributed by atoms with van der Waals surface area (Å²) in [4.78, 5) is 30.0. The van der Waals surface area contributed by atoms with E-state index in [9.17, 15) is 27.6 Å². The molecule has 0 aliphatic rings. The van der Waals surface area contributed by atoms with Crippen molar-refractivity contribution in [1.82, 2.24) is 9.06 Å². The maximum Gasteiger partial charge on any atom is 0.437 e. The zero-order chi connectivity index (χ0) is 17.4. The van der Waals surface area contributed by atoms with E-state index in [0.717, 1.165) is 18.2 Å². The highest BCUT2D eigenvalue weighted by atomic mass is 35.5. The Balaban J connectivity index is 2.77. The van der Waals surface area contributed by atoms with Crippen molar-refractivity contribution in [2.24, 2.45) is 0 Å². The fraction of sp³-hybridized carbons (Fsp3) is 0.250. The lowest BCUT2D eigenvalue weighted by Gasteiger charge is -2.13. The first-order valence-corrected chi connectivity index (χ1v) is 9.83. The summed E-state index contributed by atoms with van der Waals surface area (Å²) in [5, 5.41) is -0.150. The Labute approximate surface area is 137 Å². The third kappa shape index (κ3) is 3.65. The molecular weight excluding hydrogens is 367 g/mol. The molecule has 1 radical (unpaired) electrons. The van der Waals surface area contributed by atoms with E-state index in [-0.39, 0.29) is 31.7 Å². The van der Waals surface area contributed by atoms with Crippen molar-refractivity contribution in [1.29, 1.82) is 0 Å². The van der Waals surface area contributed by atoms with E-state index in [4.69, 9.17) is 11.6 Å². The lowest BCUT2D eigenvalue weighted by atomic mass is 10.2. The van der Waals surface area contributed by atoms with E-state index in [2.05, 4.69) is 10.8 Å². The fourth-order valence-corrected chi connectivity index (χ4v) is 4.38. The average Bonchev–Trinajstić information content (AvgIpc) is 2.42. The fourth-order valence-electron chi connectivity index (χ4n) is 1.95. The summed E-state index contributed by atoms with van der Waals surface area (Å²) in [6, 6.07) is 5.47. The second-order valence-electron chi connectivity index (χ2n) is 4.66. The molecule has 0 bridgehead atoms. The van der Waals surface area contributed by atoms with Gasteiger partial charge < -0.3 is 9.79 Å². The zero-order valence-electron chi connectivity index (χ0n) is 11.9. The molecule has 0 amide bonds. The molecule has 23 heavy (non-hydrogen) atoms. The molecule has 8 nitrogen and oxygen atoms in total. The van der Waals surface area contributed by atoms with Gasteiger partial charge in [0.05, 0.1) is 16.6 Å².